The molecule has 0 aromatic rings. The van der Waals surface area contributed by atoms with Crippen molar-refractivity contribution in [1.29, 1.82) is 0 Å². The van der Waals surface area contributed by atoms with Crippen molar-refractivity contribution < 1.29 is 9.59 Å². The van der Waals surface area contributed by atoms with Crippen LogP contribution in [0, 0.1) is 0 Å². The van der Waals surface area contributed by atoms with Crippen LogP contribution in [0.5, 0.6) is 0 Å². The molecule has 2 aliphatic rings. The number of carbonyl (C=O) groups excluding carboxylic acids is 2. The number of nitrogens with one attached hydrogen (secondary N) is 2. The average Bonchev–Trinajstić information content (AvgIpc) is 2.16. The van der Waals surface area contributed by atoms with E-state index in [0.29, 0.717) is 6.54 Å². The number of piperidine rings is 1. The van der Waals surface area contributed by atoms with Crippen LogP contribution in [-0.2, 0) is 9.59 Å². The summed E-state index contributed by atoms with van der Waals surface area (Å²) in [5.41, 5.74) is -0.445. The molecule has 0 unspecified atom stereocenters. The molecule has 2 aliphatic heterocycles. The Kier molecular flexibility index (Phi) is 2.28. The first kappa shape index (κ1) is 9.61. The number of imide groups is 1. The number of amides is 2. The highest BCUT2D eigenvalue weighted by Crippen LogP contribution is 2.27. The molecule has 5 nitrogen and oxygen atoms in total. The molecule has 2 amide bonds. The van der Waals surface area contributed by atoms with E-state index < -0.39 is 5.54 Å². The molecule has 2 saturated heterocycles. The molecule has 0 saturated carbocycles. The lowest BCUT2D eigenvalue weighted by atomic mass is 9.84. The molecular formula is C9H15N3O2. The zero-order valence-corrected chi connectivity index (χ0v) is 8.30. The highest BCUT2D eigenvalue weighted by Gasteiger charge is 2.47. The summed E-state index contributed by atoms with van der Waals surface area (Å²) in [6, 6.07) is 0. The summed E-state index contributed by atoms with van der Waals surface area (Å²) in [6.07, 6.45) is 1.56. The summed E-state index contributed by atoms with van der Waals surface area (Å²) >= 11 is 0. The fourth-order valence-corrected chi connectivity index (χ4v) is 2.27. The summed E-state index contributed by atoms with van der Waals surface area (Å²) in [6.45, 7) is 2.00. The summed E-state index contributed by atoms with van der Waals surface area (Å²) < 4.78 is 0. The maximum atomic E-state index is 11.8. The minimum absolute atomic E-state index is 0.127. The first-order valence-corrected chi connectivity index (χ1v) is 4.91. The topological polar surface area (TPSA) is 61.4 Å². The molecule has 5 heteroatoms. The molecule has 0 radical (unpaired) electrons. The number of hydrogen-bond acceptors (Lipinski definition) is 4. The van der Waals surface area contributed by atoms with Crippen LogP contribution in [-0.4, -0.2) is 48.9 Å². The van der Waals surface area contributed by atoms with Crippen molar-refractivity contribution >= 4 is 11.8 Å². The van der Waals surface area contributed by atoms with Crippen molar-refractivity contribution in [2.75, 3.05) is 26.7 Å². The largest absolute Gasteiger partial charge is 0.317 e. The van der Waals surface area contributed by atoms with Gasteiger partial charge in [0.05, 0.1) is 6.54 Å². The van der Waals surface area contributed by atoms with E-state index in [9.17, 15) is 9.59 Å². The lowest BCUT2D eigenvalue weighted by Gasteiger charge is -2.45. The quantitative estimate of drug-likeness (QED) is 0.474. The predicted octanol–water partition coefficient (Wildman–Crippen LogP) is -1.30. The Labute approximate surface area is 82.8 Å². The standard InChI is InChI=1S/C9H15N3O2/c1-12-6-7(13)11-8(14)9(12)2-4-10-5-3-9/h10H,2-6H2,1H3,(H,11,13,14). The smallest absolute Gasteiger partial charge is 0.247 e. The SMILES string of the molecule is CN1CC(=O)NC(=O)C12CCNCC2. The molecule has 2 heterocycles. The lowest BCUT2D eigenvalue weighted by molar-refractivity contribution is -0.147. The maximum absolute atomic E-state index is 11.8. The molecule has 2 fully saturated rings. The van der Waals surface area contributed by atoms with Crippen LogP contribution in [0.4, 0.5) is 0 Å². The molecular weight excluding hydrogens is 182 g/mol. The van der Waals surface area contributed by atoms with E-state index in [1.54, 1.807) is 0 Å². The minimum atomic E-state index is -0.445. The van der Waals surface area contributed by atoms with Gasteiger partial charge in [-0.3, -0.25) is 19.8 Å². The molecule has 0 atom stereocenters. The predicted molar refractivity (Wildman–Crippen MR) is 50.6 cm³/mol. The third-order valence-corrected chi connectivity index (χ3v) is 3.22. The van der Waals surface area contributed by atoms with Crippen molar-refractivity contribution in [3.63, 3.8) is 0 Å². The fourth-order valence-electron chi connectivity index (χ4n) is 2.27. The van der Waals surface area contributed by atoms with Crippen molar-refractivity contribution in [2.45, 2.75) is 18.4 Å². The zero-order chi connectivity index (χ0) is 10.2. The molecule has 0 aliphatic carbocycles. The lowest BCUT2D eigenvalue weighted by Crippen LogP contribution is -2.68. The highest BCUT2D eigenvalue weighted by atomic mass is 16.2. The Balaban J connectivity index is 2.22. The van der Waals surface area contributed by atoms with E-state index >= 15 is 0 Å². The summed E-state index contributed by atoms with van der Waals surface area (Å²) in [5, 5.41) is 5.64. The molecule has 14 heavy (non-hydrogen) atoms. The Morgan fingerprint density at radius 3 is 2.50 bits per heavy atom. The van der Waals surface area contributed by atoms with Crippen LogP contribution in [0.1, 0.15) is 12.8 Å². The van der Waals surface area contributed by atoms with Gasteiger partial charge in [-0.25, -0.2) is 0 Å². The Morgan fingerprint density at radius 2 is 1.93 bits per heavy atom. The first-order valence-electron chi connectivity index (χ1n) is 4.91. The highest BCUT2D eigenvalue weighted by molar-refractivity contribution is 6.03. The number of nitrogens with zero attached hydrogens (tertiary/aromatic N) is 1. The molecule has 0 bridgehead atoms. The van der Waals surface area contributed by atoms with Crippen LogP contribution >= 0.6 is 0 Å². The number of piperazine rings is 1. The van der Waals surface area contributed by atoms with E-state index in [2.05, 4.69) is 10.6 Å². The Morgan fingerprint density at radius 1 is 1.29 bits per heavy atom. The van der Waals surface area contributed by atoms with Crippen LogP contribution in [0.15, 0.2) is 0 Å². The van der Waals surface area contributed by atoms with Gasteiger partial charge in [-0.15, -0.1) is 0 Å². The van der Waals surface area contributed by atoms with Crippen molar-refractivity contribution in [3.05, 3.63) is 0 Å². The van der Waals surface area contributed by atoms with Gasteiger partial charge in [0.1, 0.15) is 5.54 Å². The van der Waals surface area contributed by atoms with E-state index in [1.165, 1.54) is 0 Å². The van der Waals surface area contributed by atoms with Crippen LogP contribution < -0.4 is 10.6 Å². The normalized spacial score (nSPS) is 27.8. The Bertz CT molecular complexity index is 271. The second-order valence-electron chi connectivity index (χ2n) is 4.01. The summed E-state index contributed by atoms with van der Waals surface area (Å²) in [4.78, 5) is 24.8. The molecule has 2 N–H and O–H groups in total. The van der Waals surface area contributed by atoms with Crippen LogP contribution in [0.25, 0.3) is 0 Å². The first-order chi connectivity index (χ1) is 6.65. The van der Waals surface area contributed by atoms with Gasteiger partial charge in [0, 0.05) is 0 Å². The third-order valence-electron chi connectivity index (χ3n) is 3.22. The monoisotopic (exact) mass is 197 g/mol. The van der Waals surface area contributed by atoms with Crippen molar-refractivity contribution in [2.24, 2.45) is 0 Å². The second-order valence-corrected chi connectivity index (χ2v) is 4.01. The number of hydrogen-bond donors (Lipinski definition) is 2. The summed E-state index contributed by atoms with van der Waals surface area (Å²) in [5.74, 6) is -0.320. The third kappa shape index (κ3) is 1.33. The molecule has 0 aromatic heterocycles. The van der Waals surface area contributed by atoms with E-state index in [-0.39, 0.29) is 11.8 Å². The summed E-state index contributed by atoms with van der Waals surface area (Å²) in [7, 11) is 1.85. The Hall–Kier alpha value is -0.940. The number of carbonyl (C=O) groups is 2. The average molecular weight is 197 g/mol. The van der Waals surface area contributed by atoms with E-state index in [0.717, 1.165) is 25.9 Å². The van der Waals surface area contributed by atoms with E-state index in [4.69, 9.17) is 0 Å². The number of likely N-dealkylation sites (N-methyl/N-ethyl adjacent to an activating group) is 1. The van der Waals surface area contributed by atoms with Gasteiger partial charge in [0.2, 0.25) is 11.8 Å². The molecule has 2 rings (SSSR count). The second kappa shape index (κ2) is 3.33. The van der Waals surface area contributed by atoms with Gasteiger partial charge in [-0.1, -0.05) is 0 Å². The van der Waals surface area contributed by atoms with Crippen LogP contribution in [0.3, 0.4) is 0 Å². The molecule has 1 spiro atoms. The van der Waals surface area contributed by atoms with Gasteiger partial charge < -0.3 is 5.32 Å². The van der Waals surface area contributed by atoms with E-state index in [1.807, 2.05) is 11.9 Å². The van der Waals surface area contributed by atoms with Gasteiger partial charge in [0.15, 0.2) is 0 Å². The van der Waals surface area contributed by atoms with Crippen molar-refractivity contribution in [1.82, 2.24) is 15.5 Å². The van der Waals surface area contributed by atoms with Crippen molar-refractivity contribution in [3.8, 4) is 0 Å². The van der Waals surface area contributed by atoms with Gasteiger partial charge in [-0.05, 0) is 33.0 Å². The minimum Gasteiger partial charge on any atom is -0.317 e. The fraction of sp³-hybridized carbons (Fsp3) is 0.778. The van der Waals surface area contributed by atoms with Gasteiger partial charge in [0.25, 0.3) is 0 Å². The molecule has 78 valence electrons. The van der Waals surface area contributed by atoms with Gasteiger partial charge in [-0.2, -0.15) is 0 Å². The van der Waals surface area contributed by atoms with Crippen LogP contribution in [0.2, 0.25) is 0 Å². The number of rotatable bonds is 0. The van der Waals surface area contributed by atoms with Gasteiger partial charge >= 0.3 is 0 Å². The zero-order valence-electron chi connectivity index (χ0n) is 8.30. The maximum Gasteiger partial charge on any atom is 0.247 e. The molecule has 0 aromatic carbocycles.